The van der Waals surface area contributed by atoms with E-state index in [1.54, 1.807) is 42.5 Å². The van der Waals surface area contributed by atoms with Crippen molar-refractivity contribution in [3.05, 3.63) is 57.0 Å². The van der Waals surface area contributed by atoms with Crippen molar-refractivity contribution in [2.75, 3.05) is 6.61 Å². The molecule has 20 heavy (non-hydrogen) atoms. The second kappa shape index (κ2) is 6.97. The van der Waals surface area contributed by atoms with Crippen LogP contribution < -0.4 is 9.47 Å². The Morgan fingerprint density at radius 1 is 1.05 bits per heavy atom. The molecule has 6 heteroatoms. The first-order chi connectivity index (χ1) is 9.56. The summed E-state index contributed by atoms with van der Waals surface area (Å²) in [5.74, 6) is 0.146. The maximum atomic E-state index is 11.7. The summed E-state index contributed by atoms with van der Waals surface area (Å²) in [5.41, 5.74) is 0. The molecule has 2 aromatic carbocycles. The maximum absolute atomic E-state index is 11.7. The Labute approximate surface area is 134 Å². The minimum Gasteiger partial charge on any atom is -0.480 e. The summed E-state index contributed by atoms with van der Waals surface area (Å²) >= 11 is 15.1. The van der Waals surface area contributed by atoms with Crippen LogP contribution in [0, 0.1) is 0 Å². The van der Waals surface area contributed by atoms with Crippen molar-refractivity contribution < 1.29 is 14.3 Å². The van der Waals surface area contributed by atoms with Crippen molar-refractivity contribution in [1.29, 1.82) is 0 Å². The number of esters is 1. The van der Waals surface area contributed by atoms with Gasteiger partial charge in [0.15, 0.2) is 6.61 Å². The van der Waals surface area contributed by atoms with Crippen molar-refractivity contribution >= 4 is 45.1 Å². The van der Waals surface area contributed by atoms with Crippen molar-refractivity contribution in [3.8, 4) is 11.5 Å². The Bertz CT molecular complexity index is 632. The fraction of sp³-hybridized carbons (Fsp3) is 0.0714. The van der Waals surface area contributed by atoms with E-state index in [0.29, 0.717) is 21.5 Å². The van der Waals surface area contributed by atoms with Gasteiger partial charge in [-0.25, -0.2) is 4.79 Å². The molecule has 0 atom stereocenters. The predicted molar refractivity (Wildman–Crippen MR) is 81.7 cm³/mol. The third kappa shape index (κ3) is 4.13. The molecule has 2 aromatic rings. The lowest BCUT2D eigenvalue weighted by molar-refractivity contribution is -0.136. The fourth-order valence-electron chi connectivity index (χ4n) is 1.41. The van der Waals surface area contributed by atoms with E-state index in [0.717, 1.165) is 4.47 Å². The van der Waals surface area contributed by atoms with Gasteiger partial charge in [0, 0.05) is 4.47 Å². The maximum Gasteiger partial charge on any atom is 0.349 e. The highest BCUT2D eigenvalue weighted by molar-refractivity contribution is 9.10. The summed E-state index contributed by atoms with van der Waals surface area (Å²) in [4.78, 5) is 11.7. The standard InChI is InChI=1S/C14H9BrCl2O3/c15-9-5-6-12(11(17)7-9)19-8-14(18)20-13-4-2-1-3-10(13)16/h1-7H,8H2. The Balaban J connectivity index is 1.94. The lowest BCUT2D eigenvalue weighted by atomic mass is 10.3. The van der Waals surface area contributed by atoms with Crippen LogP contribution in [-0.2, 0) is 4.79 Å². The summed E-state index contributed by atoms with van der Waals surface area (Å²) in [6.07, 6.45) is 0. The van der Waals surface area contributed by atoms with E-state index in [1.165, 1.54) is 0 Å². The minimum absolute atomic E-state index is 0.257. The van der Waals surface area contributed by atoms with E-state index >= 15 is 0 Å². The number of para-hydroxylation sites is 1. The quantitative estimate of drug-likeness (QED) is 0.571. The summed E-state index contributed by atoms with van der Waals surface area (Å²) < 4.78 is 11.2. The second-order valence-corrected chi connectivity index (χ2v) is 5.50. The molecule has 0 unspecified atom stereocenters. The number of benzene rings is 2. The first kappa shape index (κ1) is 15.2. The van der Waals surface area contributed by atoms with E-state index in [2.05, 4.69) is 15.9 Å². The van der Waals surface area contributed by atoms with Crippen LogP contribution >= 0.6 is 39.1 Å². The summed E-state index contributed by atoms with van der Waals surface area (Å²) in [6.45, 7) is -0.257. The minimum atomic E-state index is -0.558. The SMILES string of the molecule is O=C(COc1ccc(Br)cc1Cl)Oc1ccccc1Cl. The van der Waals surface area contributed by atoms with Crippen molar-refractivity contribution in [2.45, 2.75) is 0 Å². The lowest BCUT2D eigenvalue weighted by Crippen LogP contribution is -2.17. The molecule has 0 bridgehead atoms. The molecule has 0 fully saturated rings. The van der Waals surface area contributed by atoms with E-state index in [1.807, 2.05) is 0 Å². The largest absolute Gasteiger partial charge is 0.480 e. The summed E-state index contributed by atoms with van der Waals surface area (Å²) in [5, 5.41) is 0.771. The van der Waals surface area contributed by atoms with Crippen LogP contribution in [0.3, 0.4) is 0 Å². The monoisotopic (exact) mass is 374 g/mol. The predicted octanol–water partition coefficient (Wildman–Crippen LogP) is 4.74. The average Bonchev–Trinajstić information content (AvgIpc) is 2.40. The van der Waals surface area contributed by atoms with Crippen LogP contribution in [0.5, 0.6) is 11.5 Å². The van der Waals surface area contributed by atoms with Gasteiger partial charge in [0.25, 0.3) is 0 Å². The molecule has 0 saturated heterocycles. The molecule has 0 aliphatic heterocycles. The molecule has 104 valence electrons. The van der Waals surface area contributed by atoms with Crippen LogP contribution in [0.2, 0.25) is 10.0 Å². The number of halogens is 3. The second-order valence-electron chi connectivity index (χ2n) is 3.77. The molecule has 2 rings (SSSR count). The third-order valence-corrected chi connectivity index (χ3v) is 3.40. The molecule has 0 aliphatic rings. The molecule has 0 aliphatic carbocycles. The van der Waals surface area contributed by atoms with Gasteiger partial charge in [-0.05, 0) is 30.3 Å². The Kier molecular flexibility index (Phi) is 5.29. The Morgan fingerprint density at radius 3 is 2.50 bits per heavy atom. The van der Waals surface area contributed by atoms with Gasteiger partial charge in [-0.15, -0.1) is 0 Å². The molecular weight excluding hydrogens is 367 g/mol. The zero-order valence-corrected chi connectivity index (χ0v) is 13.2. The third-order valence-electron chi connectivity index (χ3n) is 2.30. The molecule has 0 spiro atoms. The molecule has 0 heterocycles. The van der Waals surface area contributed by atoms with Crippen LogP contribution in [-0.4, -0.2) is 12.6 Å². The van der Waals surface area contributed by atoms with Crippen LogP contribution in [0.4, 0.5) is 0 Å². The fourth-order valence-corrected chi connectivity index (χ4v) is 2.31. The first-order valence-electron chi connectivity index (χ1n) is 5.59. The van der Waals surface area contributed by atoms with Gasteiger partial charge in [0.1, 0.15) is 11.5 Å². The van der Waals surface area contributed by atoms with Gasteiger partial charge in [0.2, 0.25) is 0 Å². The summed E-state index contributed by atoms with van der Waals surface area (Å²) in [7, 11) is 0. The average molecular weight is 376 g/mol. The number of hydrogen-bond donors (Lipinski definition) is 0. The van der Waals surface area contributed by atoms with Crippen LogP contribution in [0.25, 0.3) is 0 Å². The highest BCUT2D eigenvalue weighted by Crippen LogP contribution is 2.28. The number of ether oxygens (including phenoxy) is 2. The van der Waals surface area contributed by atoms with Gasteiger partial charge in [-0.1, -0.05) is 51.3 Å². The van der Waals surface area contributed by atoms with Crippen molar-refractivity contribution in [1.82, 2.24) is 0 Å². The first-order valence-corrected chi connectivity index (χ1v) is 7.14. The molecule has 3 nitrogen and oxygen atoms in total. The van der Waals surface area contributed by atoms with Gasteiger partial charge in [0.05, 0.1) is 10.0 Å². The van der Waals surface area contributed by atoms with E-state index in [-0.39, 0.29) is 6.61 Å². The normalized spacial score (nSPS) is 10.2. The van der Waals surface area contributed by atoms with Gasteiger partial charge in [-0.2, -0.15) is 0 Å². The zero-order chi connectivity index (χ0) is 14.5. The molecular formula is C14H9BrCl2O3. The van der Waals surface area contributed by atoms with E-state index < -0.39 is 5.97 Å². The van der Waals surface area contributed by atoms with Gasteiger partial charge < -0.3 is 9.47 Å². The lowest BCUT2D eigenvalue weighted by Gasteiger charge is -2.09. The molecule has 0 radical (unpaired) electrons. The summed E-state index contributed by atoms with van der Waals surface area (Å²) in [6, 6.07) is 11.8. The van der Waals surface area contributed by atoms with Crippen molar-refractivity contribution in [2.24, 2.45) is 0 Å². The topological polar surface area (TPSA) is 35.5 Å². The van der Waals surface area contributed by atoms with Crippen molar-refractivity contribution in [3.63, 3.8) is 0 Å². The molecule has 0 aromatic heterocycles. The highest BCUT2D eigenvalue weighted by Gasteiger charge is 2.10. The Morgan fingerprint density at radius 2 is 1.80 bits per heavy atom. The smallest absolute Gasteiger partial charge is 0.349 e. The number of hydrogen-bond acceptors (Lipinski definition) is 3. The van der Waals surface area contributed by atoms with Gasteiger partial charge >= 0.3 is 5.97 Å². The van der Waals surface area contributed by atoms with Gasteiger partial charge in [-0.3, -0.25) is 0 Å². The number of carbonyl (C=O) groups excluding carboxylic acids is 1. The molecule has 0 saturated carbocycles. The number of carbonyl (C=O) groups is 1. The zero-order valence-electron chi connectivity index (χ0n) is 10.1. The Hall–Kier alpha value is -1.23. The van der Waals surface area contributed by atoms with Crippen LogP contribution in [0.1, 0.15) is 0 Å². The molecule has 0 N–H and O–H groups in total. The number of rotatable bonds is 4. The van der Waals surface area contributed by atoms with Crippen LogP contribution in [0.15, 0.2) is 46.9 Å². The van der Waals surface area contributed by atoms with E-state index in [9.17, 15) is 4.79 Å². The molecule has 0 amide bonds. The van der Waals surface area contributed by atoms with E-state index in [4.69, 9.17) is 32.7 Å². The highest BCUT2D eigenvalue weighted by atomic mass is 79.9.